The average molecular weight is 266 g/mol. The number of tetrazole rings is 1. The second-order valence-corrected chi connectivity index (χ2v) is 4.00. The van der Waals surface area contributed by atoms with Crippen LogP contribution in [-0.4, -0.2) is 31.5 Å². The minimum Gasteiger partial charge on any atom is -0.322 e. The molecule has 3 aromatic rings. The van der Waals surface area contributed by atoms with Crippen molar-refractivity contribution in [2.45, 2.75) is 0 Å². The molecule has 0 aliphatic heterocycles. The van der Waals surface area contributed by atoms with Gasteiger partial charge in [-0.2, -0.15) is 5.21 Å². The van der Waals surface area contributed by atoms with Gasteiger partial charge in [-0.3, -0.25) is 9.78 Å². The molecule has 0 aliphatic carbocycles. The average Bonchev–Trinajstić information content (AvgIpc) is 3.03. The maximum Gasteiger partial charge on any atom is 0.255 e. The number of aromatic nitrogens is 5. The number of pyridine rings is 1. The molecule has 0 bridgehead atoms. The van der Waals surface area contributed by atoms with Gasteiger partial charge in [-0.25, -0.2) is 0 Å². The number of carbonyl (C=O) groups excluding carboxylic acids is 1. The Labute approximate surface area is 114 Å². The number of carbonyl (C=O) groups is 1. The van der Waals surface area contributed by atoms with Crippen LogP contribution >= 0.6 is 0 Å². The summed E-state index contributed by atoms with van der Waals surface area (Å²) >= 11 is 0. The highest BCUT2D eigenvalue weighted by Crippen LogP contribution is 2.15. The third-order valence-corrected chi connectivity index (χ3v) is 2.69. The Bertz CT molecular complexity index is 693. The van der Waals surface area contributed by atoms with Crippen LogP contribution in [0.15, 0.2) is 48.8 Å². The Morgan fingerprint density at radius 1 is 1.05 bits per heavy atom. The summed E-state index contributed by atoms with van der Waals surface area (Å²) in [5, 5.41) is 16.4. The molecule has 7 heteroatoms. The van der Waals surface area contributed by atoms with Crippen molar-refractivity contribution >= 4 is 11.6 Å². The van der Waals surface area contributed by atoms with Crippen molar-refractivity contribution in [2.24, 2.45) is 0 Å². The monoisotopic (exact) mass is 266 g/mol. The summed E-state index contributed by atoms with van der Waals surface area (Å²) in [5.41, 5.74) is 2.04. The molecule has 2 aromatic heterocycles. The molecule has 3 rings (SSSR count). The van der Waals surface area contributed by atoms with E-state index in [2.05, 4.69) is 30.9 Å². The zero-order chi connectivity index (χ0) is 13.8. The third kappa shape index (κ3) is 2.51. The summed E-state index contributed by atoms with van der Waals surface area (Å²) in [6.07, 6.45) is 3.24. The second-order valence-electron chi connectivity index (χ2n) is 4.00. The van der Waals surface area contributed by atoms with Crippen molar-refractivity contribution in [3.8, 4) is 11.4 Å². The van der Waals surface area contributed by atoms with Crippen LogP contribution in [0.1, 0.15) is 10.4 Å². The van der Waals surface area contributed by atoms with E-state index in [9.17, 15) is 4.79 Å². The summed E-state index contributed by atoms with van der Waals surface area (Å²) in [6, 6.07) is 10.4. The first-order valence-corrected chi connectivity index (χ1v) is 5.88. The quantitative estimate of drug-likeness (QED) is 0.749. The van der Waals surface area contributed by atoms with Gasteiger partial charge >= 0.3 is 0 Å². The van der Waals surface area contributed by atoms with Gasteiger partial charge in [0.25, 0.3) is 5.91 Å². The first kappa shape index (κ1) is 12.0. The van der Waals surface area contributed by atoms with Gasteiger partial charge in [0.05, 0.1) is 0 Å². The molecule has 0 saturated heterocycles. The van der Waals surface area contributed by atoms with Gasteiger partial charge in [0.2, 0.25) is 5.82 Å². The fraction of sp³-hybridized carbons (Fsp3) is 0. The first-order valence-electron chi connectivity index (χ1n) is 5.88. The van der Waals surface area contributed by atoms with Gasteiger partial charge in [-0.1, -0.05) is 12.1 Å². The first-order chi connectivity index (χ1) is 9.83. The Morgan fingerprint density at radius 3 is 2.45 bits per heavy atom. The lowest BCUT2D eigenvalue weighted by Gasteiger charge is -2.04. The number of aromatic amines is 1. The molecule has 2 N–H and O–H groups in total. The lowest BCUT2D eigenvalue weighted by atomic mass is 10.1. The minimum atomic E-state index is -0.184. The summed E-state index contributed by atoms with van der Waals surface area (Å²) in [4.78, 5) is 15.9. The van der Waals surface area contributed by atoms with E-state index in [-0.39, 0.29) is 5.91 Å². The maximum absolute atomic E-state index is 12.0. The summed E-state index contributed by atoms with van der Waals surface area (Å²) in [5.74, 6) is 0.307. The lowest BCUT2D eigenvalue weighted by molar-refractivity contribution is 0.102. The molecular formula is C13H10N6O. The van der Waals surface area contributed by atoms with Gasteiger partial charge in [0, 0.05) is 29.2 Å². The molecule has 0 radical (unpaired) electrons. The molecule has 0 aliphatic rings. The van der Waals surface area contributed by atoms with E-state index in [1.165, 1.54) is 0 Å². The van der Waals surface area contributed by atoms with E-state index in [0.29, 0.717) is 17.1 Å². The number of amides is 1. The van der Waals surface area contributed by atoms with Gasteiger partial charge in [0.1, 0.15) is 0 Å². The van der Waals surface area contributed by atoms with Crippen LogP contribution in [0.25, 0.3) is 11.4 Å². The summed E-state index contributed by atoms with van der Waals surface area (Å²) in [7, 11) is 0. The molecule has 0 saturated carbocycles. The number of rotatable bonds is 3. The normalized spacial score (nSPS) is 10.2. The molecule has 20 heavy (non-hydrogen) atoms. The molecule has 2 heterocycles. The summed E-state index contributed by atoms with van der Waals surface area (Å²) < 4.78 is 0. The van der Waals surface area contributed by atoms with Crippen LogP contribution in [0.3, 0.4) is 0 Å². The van der Waals surface area contributed by atoms with Crippen LogP contribution in [0, 0.1) is 0 Å². The van der Waals surface area contributed by atoms with E-state index < -0.39 is 0 Å². The van der Waals surface area contributed by atoms with E-state index in [0.717, 1.165) is 5.56 Å². The van der Waals surface area contributed by atoms with Gasteiger partial charge in [0.15, 0.2) is 0 Å². The summed E-state index contributed by atoms with van der Waals surface area (Å²) in [6.45, 7) is 0. The molecule has 0 unspecified atom stereocenters. The molecule has 98 valence electrons. The van der Waals surface area contributed by atoms with E-state index in [1.54, 1.807) is 48.8 Å². The number of anilines is 1. The van der Waals surface area contributed by atoms with Crippen molar-refractivity contribution in [3.05, 3.63) is 54.4 Å². The third-order valence-electron chi connectivity index (χ3n) is 2.69. The van der Waals surface area contributed by atoms with Crippen molar-refractivity contribution in [1.29, 1.82) is 0 Å². The Morgan fingerprint density at radius 2 is 1.80 bits per heavy atom. The predicted octanol–water partition coefficient (Wildman–Crippen LogP) is 1.51. The Kier molecular flexibility index (Phi) is 3.15. The number of hydrogen-bond donors (Lipinski definition) is 2. The van der Waals surface area contributed by atoms with E-state index >= 15 is 0 Å². The van der Waals surface area contributed by atoms with Crippen molar-refractivity contribution in [3.63, 3.8) is 0 Å². The zero-order valence-corrected chi connectivity index (χ0v) is 10.3. The fourth-order valence-electron chi connectivity index (χ4n) is 1.69. The number of nitrogens with one attached hydrogen (secondary N) is 2. The number of H-pyrrole nitrogens is 1. The minimum absolute atomic E-state index is 0.184. The lowest BCUT2D eigenvalue weighted by Crippen LogP contribution is -2.11. The van der Waals surface area contributed by atoms with Gasteiger partial charge in [-0.15, -0.1) is 10.2 Å². The molecule has 0 fully saturated rings. The fourth-order valence-corrected chi connectivity index (χ4v) is 1.69. The number of benzene rings is 1. The number of hydrogen-bond acceptors (Lipinski definition) is 5. The SMILES string of the molecule is O=C(Nc1ccncc1)c1ccc(-c2nn[nH]n2)cc1. The van der Waals surface area contributed by atoms with Crippen molar-refractivity contribution in [1.82, 2.24) is 25.6 Å². The highest BCUT2D eigenvalue weighted by atomic mass is 16.1. The largest absolute Gasteiger partial charge is 0.322 e. The van der Waals surface area contributed by atoms with Crippen molar-refractivity contribution < 1.29 is 4.79 Å². The zero-order valence-electron chi connectivity index (χ0n) is 10.3. The Hall–Kier alpha value is -3.09. The number of nitrogens with zero attached hydrogens (tertiary/aromatic N) is 4. The van der Waals surface area contributed by atoms with Crippen LogP contribution in [-0.2, 0) is 0 Å². The molecule has 7 nitrogen and oxygen atoms in total. The van der Waals surface area contributed by atoms with Crippen LogP contribution in [0.4, 0.5) is 5.69 Å². The molecule has 1 amide bonds. The van der Waals surface area contributed by atoms with Crippen LogP contribution < -0.4 is 5.32 Å². The van der Waals surface area contributed by atoms with E-state index in [4.69, 9.17) is 0 Å². The standard InChI is InChI=1S/C13H10N6O/c20-13(15-11-5-7-14-8-6-11)10-3-1-9(2-4-10)12-16-18-19-17-12/h1-8H,(H,14,15,20)(H,16,17,18,19). The highest BCUT2D eigenvalue weighted by molar-refractivity contribution is 6.04. The topological polar surface area (TPSA) is 96.5 Å². The smallest absolute Gasteiger partial charge is 0.255 e. The molecular weight excluding hydrogens is 256 g/mol. The molecule has 0 atom stereocenters. The molecule has 1 aromatic carbocycles. The van der Waals surface area contributed by atoms with E-state index in [1.807, 2.05) is 0 Å². The van der Waals surface area contributed by atoms with Crippen LogP contribution in [0.2, 0.25) is 0 Å². The highest BCUT2D eigenvalue weighted by Gasteiger charge is 2.07. The molecule has 0 spiro atoms. The van der Waals surface area contributed by atoms with Gasteiger partial charge in [-0.05, 0) is 29.5 Å². The van der Waals surface area contributed by atoms with Crippen molar-refractivity contribution in [2.75, 3.05) is 5.32 Å². The van der Waals surface area contributed by atoms with Crippen LogP contribution in [0.5, 0.6) is 0 Å². The Balaban J connectivity index is 1.76. The second kappa shape index (κ2) is 5.27. The van der Waals surface area contributed by atoms with Gasteiger partial charge < -0.3 is 5.32 Å². The maximum atomic E-state index is 12.0. The predicted molar refractivity (Wildman–Crippen MR) is 71.8 cm³/mol.